The van der Waals surface area contributed by atoms with Gasteiger partial charge in [-0.3, -0.25) is 4.79 Å². The number of rotatable bonds is 6. The standard InChI is InChI=1S/C13H18ClNO2S/c1-13(2,7-8-16)15-12(17)9-18-11-6-4-3-5-10(11)14/h3-6,16H,7-9H2,1-2H3,(H,15,17). The van der Waals surface area contributed by atoms with E-state index in [4.69, 9.17) is 16.7 Å². The second-order valence-electron chi connectivity index (χ2n) is 4.62. The van der Waals surface area contributed by atoms with Crippen molar-refractivity contribution >= 4 is 29.3 Å². The molecule has 0 atom stereocenters. The Hall–Kier alpha value is -0.710. The van der Waals surface area contributed by atoms with E-state index >= 15 is 0 Å². The van der Waals surface area contributed by atoms with E-state index in [0.717, 1.165) is 4.90 Å². The summed E-state index contributed by atoms with van der Waals surface area (Å²) in [4.78, 5) is 12.7. The van der Waals surface area contributed by atoms with Crippen LogP contribution in [0.15, 0.2) is 29.2 Å². The summed E-state index contributed by atoms with van der Waals surface area (Å²) in [6, 6.07) is 7.44. The van der Waals surface area contributed by atoms with Gasteiger partial charge < -0.3 is 10.4 Å². The van der Waals surface area contributed by atoms with Crippen LogP contribution in [-0.2, 0) is 4.79 Å². The molecule has 1 aromatic carbocycles. The number of aliphatic hydroxyl groups excluding tert-OH is 1. The molecule has 0 saturated heterocycles. The lowest BCUT2D eigenvalue weighted by atomic mass is 10.0. The molecule has 0 fully saturated rings. The van der Waals surface area contributed by atoms with E-state index < -0.39 is 0 Å². The number of hydrogen-bond donors (Lipinski definition) is 2. The summed E-state index contributed by atoms with van der Waals surface area (Å²) >= 11 is 7.41. The maximum atomic E-state index is 11.8. The highest BCUT2D eigenvalue weighted by molar-refractivity contribution is 8.00. The lowest BCUT2D eigenvalue weighted by Crippen LogP contribution is -2.44. The fourth-order valence-electron chi connectivity index (χ4n) is 1.46. The van der Waals surface area contributed by atoms with Gasteiger partial charge in [-0.1, -0.05) is 23.7 Å². The molecular weight excluding hydrogens is 270 g/mol. The van der Waals surface area contributed by atoms with Crippen LogP contribution in [0.4, 0.5) is 0 Å². The molecule has 0 aliphatic carbocycles. The summed E-state index contributed by atoms with van der Waals surface area (Å²) < 4.78 is 0. The Morgan fingerprint density at radius 1 is 1.44 bits per heavy atom. The lowest BCUT2D eigenvalue weighted by molar-refractivity contribution is -0.120. The lowest BCUT2D eigenvalue weighted by Gasteiger charge is -2.25. The van der Waals surface area contributed by atoms with E-state index in [1.807, 2.05) is 32.0 Å². The third-order valence-electron chi connectivity index (χ3n) is 2.41. The van der Waals surface area contributed by atoms with Crippen molar-refractivity contribution in [3.8, 4) is 0 Å². The fourth-order valence-corrected chi connectivity index (χ4v) is 2.50. The molecule has 1 rings (SSSR count). The van der Waals surface area contributed by atoms with Gasteiger partial charge in [-0.15, -0.1) is 11.8 Å². The van der Waals surface area contributed by atoms with Crippen LogP contribution in [0.25, 0.3) is 0 Å². The predicted molar refractivity (Wildman–Crippen MR) is 76.1 cm³/mol. The highest BCUT2D eigenvalue weighted by atomic mass is 35.5. The molecule has 5 heteroatoms. The summed E-state index contributed by atoms with van der Waals surface area (Å²) in [6.07, 6.45) is 0.537. The smallest absolute Gasteiger partial charge is 0.230 e. The van der Waals surface area contributed by atoms with E-state index in [-0.39, 0.29) is 18.1 Å². The summed E-state index contributed by atoms with van der Waals surface area (Å²) in [7, 11) is 0. The molecule has 1 aromatic rings. The average Bonchev–Trinajstić information content (AvgIpc) is 2.27. The van der Waals surface area contributed by atoms with Crippen LogP contribution in [-0.4, -0.2) is 28.9 Å². The number of aliphatic hydroxyl groups is 1. The highest BCUT2D eigenvalue weighted by Gasteiger charge is 2.19. The monoisotopic (exact) mass is 287 g/mol. The molecule has 0 spiro atoms. The second kappa shape index (κ2) is 7.02. The van der Waals surface area contributed by atoms with Crippen LogP contribution < -0.4 is 5.32 Å². The maximum Gasteiger partial charge on any atom is 0.230 e. The second-order valence-corrected chi connectivity index (χ2v) is 6.05. The molecular formula is C13H18ClNO2S. The first-order valence-electron chi connectivity index (χ1n) is 5.74. The summed E-state index contributed by atoms with van der Waals surface area (Å²) in [5.41, 5.74) is -0.382. The average molecular weight is 288 g/mol. The van der Waals surface area contributed by atoms with Crippen molar-refractivity contribution in [2.24, 2.45) is 0 Å². The van der Waals surface area contributed by atoms with Gasteiger partial charge in [-0.05, 0) is 32.4 Å². The van der Waals surface area contributed by atoms with E-state index in [2.05, 4.69) is 5.32 Å². The molecule has 0 unspecified atom stereocenters. The van der Waals surface area contributed by atoms with Gasteiger partial charge in [0.1, 0.15) is 0 Å². The Morgan fingerprint density at radius 3 is 2.72 bits per heavy atom. The number of hydrogen-bond acceptors (Lipinski definition) is 3. The number of nitrogens with one attached hydrogen (secondary N) is 1. The van der Waals surface area contributed by atoms with Crippen LogP contribution >= 0.6 is 23.4 Å². The van der Waals surface area contributed by atoms with Crippen LogP contribution in [0.2, 0.25) is 5.02 Å². The Kier molecular flexibility index (Phi) is 5.99. The fraction of sp³-hybridized carbons (Fsp3) is 0.462. The van der Waals surface area contributed by atoms with Crippen molar-refractivity contribution in [2.45, 2.75) is 30.7 Å². The van der Waals surface area contributed by atoms with Crippen molar-refractivity contribution in [1.82, 2.24) is 5.32 Å². The molecule has 18 heavy (non-hydrogen) atoms. The maximum absolute atomic E-state index is 11.8. The van der Waals surface area contributed by atoms with Crippen LogP contribution in [0, 0.1) is 0 Å². The number of thioether (sulfide) groups is 1. The third-order valence-corrected chi connectivity index (χ3v) is 3.93. The number of carbonyl (C=O) groups is 1. The summed E-state index contributed by atoms with van der Waals surface area (Å²) in [5.74, 6) is 0.261. The first-order chi connectivity index (χ1) is 8.44. The quantitative estimate of drug-likeness (QED) is 0.791. The molecule has 3 nitrogen and oxygen atoms in total. The Morgan fingerprint density at radius 2 is 2.11 bits per heavy atom. The van der Waals surface area contributed by atoms with Gasteiger partial charge in [0.05, 0.1) is 10.8 Å². The zero-order valence-corrected chi connectivity index (χ0v) is 12.1. The molecule has 0 saturated carbocycles. The molecule has 0 aliphatic rings. The van der Waals surface area contributed by atoms with Crippen LogP contribution in [0.5, 0.6) is 0 Å². The van der Waals surface area contributed by atoms with Gasteiger partial charge in [0, 0.05) is 17.0 Å². The number of halogens is 1. The zero-order valence-electron chi connectivity index (χ0n) is 10.6. The first-order valence-corrected chi connectivity index (χ1v) is 7.10. The van der Waals surface area contributed by atoms with Crippen LogP contribution in [0.1, 0.15) is 20.3 Å². The molecule has 0 heterocycles. The minimum atomic E-state index is -0.382. The van der Waals surface area contributed by atoms with Crippen molar-refractivity contribution in [3.05, 3.63) is 29.3 Å². The zero-order chi connectivity index (χ0) is 13.6. The molecule has 0 aromatic heterocycles. The first kappa shape index (κ1) is 15.3. The molecule has 0 radical (unpaired) electrons. The van der Waals surface area contributed by atoms with E-state index in [9.17, 15) is 4.79 Å². The molecule has 2 N–H and O–H groups in total. The van der Waals surface area contributed by atoms with Crippen molar-refractivity contribution in [1.29, 1.82) is 0 Å². The van der Waals surface area contributed by atoms with Crippen LogP contribution in [0.3, 0.4) is 0 Å². The van der Waals surface area contributed by atoms with Gasteiger partial charge in [0.25, 0.3) is 0 Å². The van der Waals surface area contributed by atoms with Gasteiger partial charge >= 0.3 is 0 Å². The molecule has 100 valence electrons. The molecule has 0 aliphatic heterocycles. The normalized spacial score (nSPS) is 11.3. The number of carbonyl (C=O) groups excluding carboxylic acids is 1. The topological polar surface area (TPSA) is 49.3 Å². The Labute approximate surface area is 117 Å². The van der Waals surface area contributed by atoms with Gasteiger partial charge in [0.15, 0.2) is 0 Å². The van der Waals surface area contributed by atoms with Crippen molar-refractivity contribution in [3.63, 3.8) is 0 Å². The Bertz CT molecular complexity index is 410. The molecule has 0 bridgehead atoms. The van der Waals surface area contributed by atoms with Gasteiger partial charge in [-0.25, -0.2) is 0 Å². The minimum Gasteiger partial charge on any atom is -0.396 e. The summed E-state index contributed by atoms with van der Waals surface area (Å²) in [5, 5.41) is 12.4. The largest absolute Gasteiger partial charge is 0.396 e. The third kappa shape index (κ3) is 5.29. The SMILES string of the molecule is CC(C)(CCO)NC(=O)CSc1ccccc1Cl. The highest BCUT2D eigenvalue weighted by Crippen LogP contribution is 2.26. The number of amides is 1. The van der Waals surface area contributed by atoms with E-state index in [1.165, 1.54) is 11.8 Å². The van der Waals surface area contributed by atoms with E-state index in [1.54, 1.807) is 6.07 Å². The van der Waals surface area contributed by atoms with Gasteiger partial charge in [0.2, 0.25) is 5.91 Å². The Balaban J connectivity index is 2.45. The number of benzene rings is 1. The van der Waals surface area contributed by atoms with Crippen molar-refractivity contribution in [2.75, 3.05) is 12.4 Å². The van der Waals surface area contributed by atoms with Crippen molar-refractivity contribution < 1.29 is 9.90 Å². The molecule has 1 amide bonds. The predicted octanol–water partition coefficient (Wildman–Crippen LogP) is 2.71. The van der Waals surface area contributed by atoms with E-state index in [0.29, 0.717) is 17.2 Å². The van der Waals surface area contributed by atoms with Gasteiger partial charge in [-0.2, -0.15) is 0 Å². The minimum absolute atomic E-state index is 0.0571. The summed E-state index contributed by atoms with van der Waals surface area (Å²) in [6.45, 7) is 3.84.